The Balaban J connectivity index is 2.05. The fourth-order valence-corrected chi connectivity index (χ4v) is 3.23. The van der Waals surface area contributed by atoms with E-state index in [0.29, 0.717) is 30.1 Å². The summed E-state index contributed by atoms with van der Waals surface area (Å²) in [5.74, 6) is -0.572. The molecule has 1 N–H and O–H groups in total. The van der Waals surface area contributed by atoms with E-state index < -0.39 is 5.97 Å². The van der Waals surface area contributed by atoms with Crippen molar-refractivity contribution in [2.75, 3.05) is 13.1 Å². The van der Waals surface area contributed by atoms with Crippen LogP contribution in [0.5, 0.6) is 0 Å². The van der Waals surface area contributed by atoms with E-state index in [9.17, 15) is 9.59 Å². The molecule has 1 fully saturated rings. The first-order chi connectivity index (χ1) is 9.97. The number of carbonyl (C=O) groups is 2. The van der Waals surface area contributed by atoms with Crippen molar-refractivity contribution in [3.63, 3.8) is 0 Å². The fourth-order valence-electron chi connectivity index (χ4n) is 2.64. The first kappa shape index (κ1) is 16.3. The van der Waals surface area contributed by atoms with E-state index >= 15 is 0 Å². The zero-order chi connectivity index (χ0) is 15.4. The number of hydrogen-bond donors (Lipinski definition) is 1. The number of piperidine rings is 1. The number of nitrogens with zero attached hydrogens (tertiary/aromatic N) is 1. The second-order valence-corrected chi connectivity index (χ2v) is 6.61. The molecular formula is C15H17BrClNO3. The van der Waals surface area contributed by atoms with Crippen LogP contribution in [-0.2, 0) is 4.79 Å². The molecule has 1 unspecified atom stereocenters. The molecule has 1 heterocycles. The van der Waals surface area contributed by atoms with Crippen LogP contribution in [0.2, 0.25) is 5.02 Å². The summed E-state index contributed by atoms with van der Waals surface area (Å²) in [5, 5.41) is 9.29. The Morgan fingerprint density at radius 3 is 2.90 bits per heavy atom. The number of rotatable bonds is 4. The largest absolute Gasteiger partial charge is 0.481 e. The summed E-state index contributed by atoms with van der Waals surface area (Å²) < 4.78 is 0.726. The van der Waals surface area contributed by atoms with Crippen LogP contribution in [0.3, 0.4) is 0 Å². The first-order valence-corrected chi connectivity index (χ1v) is 8.10. The van der Waals surface area contributed by atoms with Crippen LogP contribution in [0.15, 0.2) is 22.7 Å². The minimum atomic E-state index is -0.781. The van der Waals surface area contributed by atoms with Crippen LogP contribution in [0, 0.1) is 5.92 Å². The SMILES string of the molecule is O=C(O)CCC1CCCN(C(=O)c2cc(Cl)ccc2Br)C1. The highest BCUT2D eigenvalue weighted by Gasteiger charge is 2.26. The molecule has 114 valence electrons. The fraction of sp³-hybridized carbons (Fsp3) is 0.467. The van der Waals surface area contributed by atoms with E-state index in [1.807, 2.05) is 0 Å². The van der Waals surface area contributed by atoms with E-state index in [-0.39, 0.29) is 18.2 Å². The zero-order valence-corrected chi connectivity index (χ0v) is 13.9. The number of halogens is 2. The maximum absolute atomic E-state index is 12.6. The average molecular weight is 375 g/mol. The highest BCUT2D eigenvalue weighted by Crippen LogP contribution is 2.26. The standard InChI is InChI=1S/C15H17BrClNO3/c16-13-5-4-11(17)8-12(13)15(21)18-7-1-2-10(9-18)3-6-14(19)20/h4-5,8,10H,1-3,6-7,9H2,(H,19,20). The highest BCUT2D eigenvalue weighted by atomic mass is 79.9. The van der Waals surface area contributed by atoms with Gasteiger partial charge < -0.3 is 10.0 Å². The number of likely N-dealkylation sites (tertiary alicyclic amines) is 1. The van der Waals surface area contributed by atoms with E-state index in [4.69, 9.17) is 16.7 Å². The molecule has 0 aromatic heterocycles. The molecule has 1 aromatic rings. The second-order valence-electron chi connectivity index (χ2n) is 5.32. The Morgan fingerprint density at radius 2 is 2.19 bits per heavy atom. The van der Waals surface area contributed by atoms with Gasteiger partial charge in [0.05, 0.1) is 5.56 Å². The van der Waals surface area contributed by atoms with Crippen molar-refractivity contribution in [3.8, 4) is 0 Å². The van der Waals surface area contributed by atoms with Crippen molar-refractivity contribution in [1.82, 2.24) is 4.90 Å². The van der Waals surface area contributed by atoms with E-state index in [2.05, 4.69) is 15.9 Å². The van der Waals surface area contributed by atoms with Gasteiger partial charge in [-0.15, -0.1) is 0 Å². The van der Waals surface area contributed by atoms with Gasteiger partial charge in [-0.3, -0.25) is 9.59 Å². The zero-order valence-electron chi connectivity index (χ0n) is 11.5. The van der Waals surface area contributed by atoms with Crippen LogP contribution in [0.25, 0.3) is 0 Å². The molecule has 1 aromatic carbocycles. The summed E-state index contributed by atoms with van der Waals surface area (Å²) in [6, 6.07) is 5.16. The number of carboxylic acids is 1. The summed E-state index contributed by atoms with van der Waals surface area (Å²) in [7, 11) is 0. The Bertz CT molecular complexity index is 550. The van der Waals surface area contributed by atoms with Crippen LogP contribution >= 0.6 is 27.5 Å². The lowest BCUT2D eigenvalue weighted by atomic mass is 9.93. The lowest BCUT2D eigenvalue weighted by Crippen LogP contribution is -2.40. The monoisotopic (exact) mass is 373 g/mol. The summed E-state index contributed by atoms with van der Waals surface area (Å²) >= 11 is 9.33. The smallest absolute Gasteiger partial charge is 0.303 e. The van der Waals surface area contributed by atoms with Gasteiger partial charge in [-0.25, -0.2) is 0 Å². The van der Waals surface area contributed by atoms with Crippen molar-refractivity contribution in [1.29, 1.82) is 0 Å². The Morgan fingerprint density at radius 1 is 1.43 bits per heavy atom. The second kappa shape index (κ2) is 7.27. The lowest BCUT2D eigenvalue weighted by Gasteiger charge is -2.33. The van der Waals surface area contributed by atoms with Crippen LogP contribution in [0.1, 0.15) is 36.0 Å². The molecule has 2 rings (SSSR count). The van der Waals surface area contributed by atoms with Gasteiger partial charge in [-0.1, -0.05) is 11.6 Å². The Labute approximate surface area is 137 Å². The summed E-state index contributed by atoms with van der Waals surface area (Å²) in [6.45, 7) is 1.33. The molecule has 0 radical (unpaired) electrons. The number of aliphatic carboxylic acids is 1. The van der Waals surface area contributed by atoms with Crippen LogP contribution in [-0.4, -0.2) is 35.0 Å². The summed E-state index contributed by atoms with van der Waals surface area (Å²) in [4.78, 5) is 25.0. The number of benzene rings is 1. The highest BCUT2D eigenvalue weighted by molar-refractivity contribution is 9.10. The molecule has 0 aliphatic carbocycles. The van der Waals surface area contributed by atoms with Crippen molar-refractivity contribution >= 4 is 39.4 Å². The van der Waals surface area contributed by atoms with E-state index in [0.717, 1.165) is 17.3 Å². The number of amides is 1. The molecule has 21 heavy (non-hydrogen) atoms. The van der Waals surface area contributed by atoms with Crippen molar-refractivity contribution in [2.24, 2.45) is 5.92 Å². The predicted molar refractivity (Wildman–Crippen MR) is 84.6 cm³/mol. The van der Waals surface area contributed by atoms with Crippen molar-refractivity contribution in [2.45, 2.75) is 25.7 Å². The minimum absolute atomic E-state index is 0.0515. The van der Waals surface area contributed by atoms with Gasteiger partial charge in [-0.05, 0) is 59.3 Å². The topological polar surface area (TPSA) is 57.6 Å². The molecule has 4 nitrogen and oxygen atoms in total. The molecular weight excluding hydrogens is 358 g/mol. The molecule has 1 amide bonds. The Hall–Kier alpha value is -1.07. The maximum Gasteiger partial charge on any atom is 0.303 e. The van der Waals surface area contributed by atoms with Gasteiger partial charge >= 0.3 is 5.97 Å². The molecule has 0 spiro atoms. The Kier molecular flexibility index (Phi) is 5.65. The van der Waals surface area contributed by atoms with Gasteiger partial charge in [0.1, 0.15) is 0 Å². The number of hydrogen-bond acceptors (Lipinski definition) is 2. The van der Waals surface area contributed by atoms with Gasteiger partial charge in [0.25, 0.3) is 5.91 Å². The van der Waals surface area contributed by atoms with Gasteiger partial charge in [0.2, 0.25) is 0 Å². The van der Waals surface area contributed by atoms with E-state index in [1.54, 1.807) is 23.1 Å². The third-order valence-electron chi connectivity index (χ3n) is 3.73. The molecule has 0 saturated carbocycles. The quantitative estimate of drug-likeness (QED) is 0.871. The minimum Gasteiger partial charge on any atom is -0.481 e. The maximum atomic E-state index is 12.6. The molecule has 6 heteroatoms. The molecule has 1 atom stereocenters. The third kappa shape index (κ3) is 4.45. The van der Waals surface area contributed by atoms with Crippen LogP contribution in [0.4, 0.5) is 0 Å². The van der Waals surface area contributed by atoms with Gasteiger partial charge in [0, 0.05) is 29.0 Å². The molecule has 1 saturated heterocycles. The number of carbonyl (C=O) groups excluding carboxylic acids is 1. The molecule has 1 aliphatic heterocycles. The summed E-state index contributed by atoms with van der Waals surface area (Å²) in [5.41, 5.74) is 0.557. The normalized spacial score (nSPS) is 18.6. The third-order valence-corrected chi connectivity index (χ3v) is 4.66. The molecule has 1 aliphatic rings. The average Bonchev–Trinajstić information content (AvgIpc) is 2.47. The first-order valence-electron chi connectivity index (χ1n) is 6.93. The van der Waals surface area contributed by atoms with Crippen molar-refractivity contribution in [3.05, 3.63) is 33.3 Å². The van der Waals surface area contributed by atoms with Crippen LogP contribution < -0.4 is 0 Å². The lowest BCUT2D eigenvalue weighted by molar-refractivity contribution is -0.137. The molecule has 0 bridgehead atoms. The predicted octanol–water partition coefficient (Wildman–Crippen LogP) is 3.82. The van der Waals surface area contributed by atoms with Gasteiger partial charge in [0.15, 0.2) is 0 Å². The van der Waals surface area contributed by atoms with Gasteiger partial charge in [-0.2, -0.15) is 0 Å². The van der Waals surface area contributed by atoms with Crippen molar-refractivity contribution < 1.29 is 14.7 Å². The summed E-state index contributed by atoms with van der Waals surface area (Å²) in [6.07, 6.45) is 2.67. The van der Waals surface area contributed by atoms with E-state index in [1.165, 1.54) is 0 Å². The number of carboxylic acid groups (broad SMARTS) is 1.